The number of rotatable bonds is 4. The summed E-state index contributed by atoms with van der Waals surface area (Å²) >= 11 is 0. The number of aliphatic hydroxyl groups is 1. The van der Waals surface area contributed by atoms with Crippen LogP contribution in [0.4, 0.5) is 5.82 Å². The molecule has 2 rings (SSSR count). The minimum Gasteiger partial charge on any atom is -0.393 e. The Balaban J connectivity index is 1.91. The number of sulfonamides is 1. The third kappa shape index (κ3) is 4.17. The van der Waals surface area contributed by atoms with Crippen LogP contribution in [-0.2, 0) is 21.4 Å². The normalized spacial score (nSPS) is 17.2. The van der Waals surface area contributed by atoms with Gasteiger partial charge in [0, 0.05) is 13.1 Å². The monoisotopic (exact) mass is 303 g/mol. The number of nitrogens with zero attached hydrogens (tertiary/aromatic N) is 4. The standard InChI is InChI=1S/C10H17N5O4S/c1-20(18,19)13-9-6-11-15(12-9)7-10(17)14-4-2-8(16)3-5-14/h6,8,16H,2-5,7H2,1H3,(H,12,13). The van der Waals surface area contributed by atoms with E-state index in [1.54, 1.807) is 4.90 Å². The lowest BCUT2D eigenvalue weighted by Gasteiger charge is -2.29. The molecule has 1 aromatic heterocycles. The van der Waals surface area contributed by atoms with Crippen molar-refractivity contribution in [3.05, 3.63) is 6.20 Å². The maximum Gasteiger partial charge on any atom is 0.246 e. The summed E-state index contributed by atoms with van der Waals surface area (Å²) in [6.45, 7) is 0.965. The van der Waals surface area contributed by atoms with E-state index in [9.17, 15) is 18.3 Å². The van der Waals surface area contributed by atoms with E-state index in [0.29, 0.717) is 25.9 Å². The van der Waals surface area contributed by atoms with Gasteiger partial charge in [-0.05, 0) is 12.8 Å². The lowest BCUT2D eigenvalue weighted by Crippen LogP contribution is -2.41. The van der Waals surface area contributed by atoms with Gasteiger partial charge in [0.15, 0.2) is 5.82 Å². The average Bonchev–Trinajstić information content (AvgIpc) is 2.74. The fraction of sp³-hybridized carbons (Fsp3) is 0.700. The highest BCUT2D eigenvalue weighted by molar-refractivity contribution is 7.92. The Morgan fingerprint density at radius 3 is 2.75 bits per heavy atom. The number of aliphatic hydroxyl groups excluding tert-OH is 1. The molecule has 1 aliphatic heterocycles. The van der Waals surface area contributed by atoms with Gasteiger partial charge in [0.05, 0.1) is 18.6 Å². The van der Waals surface area contributed by atoms with Crippen LogP contribution in [0.3, 0.4) is 0 Å². The van der Waals surface area contributed by atoms with E-state index in [-0.39, 0.29) is 24.4 Å². The molecule has 0 radical (unpaired) electrons. The molecule has 10 heteroatoms. The summed E-state index contributed by atoms with van der Waals surface area (Å²) < 4.78 is 24.2. The van der Waals surface area contributed by atoms with E-state index >= 15 is 0 Å². The molecule has 2 N–H and O–H groups in total. The van der Waals surface area contributed by atoms with Gasteiger partial charge < -0.3 is 10.0 Å². The van der Waals surface area contributed by atoms with Crippen molar-refractivity contribution in [3.8, 4) is 0 Å². The molecule has 0 saturated carbocycles. The van der Waals surface area contributed by atoms with Gasteiger partial charge in [0.25, 0.3) is 0 Å². The first kappa shape index (κ1) is 14.7. The summed E-state index contributed by atoms with van der Waals surface area (Å²) in [4.78, 5) is 14.8. The number of hydrogen-bond donors (Lipinski definition) is 2. The van der Waals surface area contributed by atoms with Gasteiger partial charge in [0.1, 0.15) is 6.54 Å². The SMILES string of the molecule is CS(=O)(=O)Nc1cnn(CC(=O)N2CCC(O)CC2)n1. The first-order valence-corrected chi connectivity index (χ1v) is 8.06. The molecule has 0 spiro atoms. The van der Waals surface area contributed by atoms with Crippen molar-refractivity contribution in [1.29, 1.82) is 0 Å². The molecule has 0 aromatic carbocycles. The largest absolute Gasteiger partial charge is 0.393 e. The van der Waals surface area contributed by atoms with Crippen LogP contribution in [0, 0.1) is 0 Å². The smallest absolute Gasteiger partial charge is 0.246 e. The predicted molar refractivity (Wildman–Crippen MR) is 70.3 cm³/mol. The topological polar surface area (TPSA) is 117 Å². The Kier molecular flexibility index (Phi) is 4.23. The van der Waals surface area contributed by atoms with E-state index in [1.165, 1.54) is 6.20 Å². The minimum absolute atomic E-state index is 0.0540. The molecular weight excluding hydrogens is 286 g/mol. The van der Waals surface area contributed by atoms with E-state index in [1.807, 2.05) is 0 Å². The van der Waals surface area contributed by atoms with Crippen molar-refractivity contribution in [1.82, 2.24) is 19.9 Å². The van der Waals surface area contributed by atoms with E-state index < -0.39 is 10.0 Å². The molecule has 0 unspecified atom stereocenters. The number of anilines is 1. The molecule has 1 amide bonds. The molecule has 1 saturated heterocycles. The Labute approximate surface area is 116 Å². The molecule has 2 heterocycles. The summed E-state index contributed by atoms with van der Waals surface area (Å²) in [6.07, 6.45) is 3.05. The summed E-state index contributed by atoms with van der Waals surface area (Å²) in [6, 6.07) is 0. The third-order valence-electron chi connectivity index (χ3n) is 2.92. The molecule has 0 bridgehead atoms. The fourth-order valence-electron chi connectivity index (χ4n) is 1.95. The number of piperidine rings is 1. The molecule has 20 heavy (non-hydrogen) atoms. The van der Waals surface area contributed by atoms with Crippen molar-refractivity contribution in [3.63, 3.8) is 0 Å². The number of hydrogen-bond acceptors (Lipinski definition) is 6. The quantitative estimate of drug-likeness (QED) is 0.709. The second-order valence-corrected chi connectivity index (χ2v) is 6.49. The van der Waals surface area contributed by atoms with Gasteiger partial charge in [-0.15, -0.1) is 5.10 Å². The van der Waals surface area contributed by atoms with Crippen molar-refractivity contribution < 1.29 is 18.3 Å². The molecule has 1 fully saturated rings. The average molecular weight is 303 g/mol. The fourth-order valence-corrected chi connectivity index (χ4v) is 2.42. The zero-order valence-electron chi connectivity index (χ0n) is 11.1. The van der Waals surface area contributed by atoms with Crippen LogP contribution in [0.1, 0.15) is 12.8 Å². The zero-order chi connectivity index (χ0) is 14.8. The second-order valence-electron chi connectivity index (χ2n) is 4.75. The highest BCUT2D eigenvalue weighted by Crippen LogP contribution is 2.10. The van der Waals surface area contributed by atoms with Crippen LogP contribution in [0.5, 0.6) is 0 Å². The van der Waals surface area contributed by atoms with Crippen LogP contribution in [0.2, 0.25) is 0 Å². The number of nitrogens with one attached hydrogen (secondary N) is 1. The molecule has 0 atom stereocenters. The highest BCUT2D eigenvalue weighted by Gasteiger charge is 2.21. The summed E-state index contributed by atoms with van der Waals surface area (Å²) in [5.74, 6) is -0.0761. The minimum atomic E-state index is -3.41. The molecule has 0 aliphatic carbocycles. The maximum absolute atomic E-state index is 12.0. The van der Waals surface area contributed by atoms with Gasteiger partial charge >= 0.3 is 0 Å². The summed E-state index contributed by atoms with van der Waals surface area (Å²) in [5.41, 5.74) is 0. The number of likely N-dealkylation sites (tertiary alicyclic amines) is 1. The van der Waals surface area contributed by atoms with Crippen LogP contribution >= 0.6 is 0 Å². The molecule has 1 aliphatic rings. The second kappa shape index (κ2) is 5.75. The van der Waals surface area contributed by atoms with Crippen molar-refractivity contribution in [2.24, 2.45) is 0 Å². The lowest BCUT2D eigenvalue weighted by molar-refractivity contribution is -0.134. The predicted octanol–water partition coefficient (Wildman–Crippen LogP) is -1.37. The van der Waals surface area contributed by atoms with Gasteiger partial charge in [-0.3, -0.25) is 9.52 Å². The lowest BCUT2D eigenvalue weighted by atomic mass is 10.1. The Morgan fingerprint density at radius 2 is 2.15 bits per heavy atom. The number of carbonyl (C=O) groups is 1. The van der Waals surface area contributed by atoms with Gasteiger partial charge in [0.2, 0.25) is 15.9 Å². The summed E-state index contributed by atoms with van der Waals surface area (Å²) in [7, 11) is -3.41. The molecular formula is C10H17N5O4S. The Bertz CT molecular complexity index is 576. The zero-order valence-corrected chi connectivity index (χ0v) is 11.9. The van der Waals surface area contributed by atoms with Crippen LogP contribution in [0.25, 0.3) is 0 Å². The van der Waals surface area contributed by atoms with Gasteiger partial charge in [-0.2, -0.15) is 9.90 Å². The van der Waals surface area contributed by atoms with E-state index in [2.05, 4.69) is 14.9 Å². The van der Waals surface area contributed by atoms with Crippen LogP contribution < -0.4 is 4.72 Å². The van der Waals surface area contributed by atoms with Crippen LogP contribution in [-0.4, -0.2) is 64.8 Å². The number of carbonyl (C=O) groups excluding carboxylic acids is 1. The maximum atomic E-state index is 12.0. The van der Waals surface area contributed by atoms with Crippen LogP contribution in [0.15, 0.2) is 6.20 Å². The molecule has 9 nitrogen and oxygen atoms in total. The van der Waals surface area contributed by atoms with Gasteiger partial charge in [-0.1, -0.05) is 0 Å². The Hall–Kier alpha value is -1.68. The molecule has 1 aromatic rings. The number of aromatic nitrogens is 3. The summed E-state index contributed by atoms with van der Waals surface area (Å²) in [5, 5.41) is 17.1. The van der Waals surface area contributed by atoms with E-state index in [0.717, 1.165) is 11.1 Å². The first-order valence-electron chi connectivity index (χ1n) is 6.17. The van der Waals surface area contributed by atoms with Crippen molar-refractivity contribution >= 4 is 21.7 Å². The van der Waals surface area contributed by atoms with Gasteiger partial charge in [-0.25, -0.2) is 8.42 Å². The first-order chi connectivity index (χ1) is 9.33. The highest BCUT2D eigenvalue weighted by atomic mass is 32.2. The Morgan fingerprint density at radius 1 is 1.50 bits per heavy atom. The molecule has 112 valence electrons. The van der Waals surface area contributed by atoms with E-state index in [4.69, 9.17) is 0 Å². The number of amides is 1. The van der Waals surface area contributed by atoms with Crippen molar-refractivity contribution in [2.75, 3.05) is 24.1 Å². The van der Waals surface area contributed by atoms with Crippen molar-refractivity contribution in [2.45, 2.75) is 25.5 Å². The third-order valence-corrected chi connectivity index (χ3v) is 3.50.